The Morgan fingerprint density at radius 1 is 1.05 bits per heavy atom. The Labute approximate surface area is 123 Å². The second-order valence-electron chi connectivity index (χ2n) is 4.75. The number of carbonyl (C=O) groups is 2. The number of amides is 2. The topological polar surface area (TPSA) is 71.1 Å². The van der Waals surface area contributed by atoms with E-state index in [1.807, 2.05) is 37.3 Å². The highest BCUT2D eigenvalue weighted by molar-refractivity contribution is 5.95. The largest absolute Gasteiger partial charge is 0.273 e. The summed E-state index contributed by atoms with van der Waals surface area (Å²) < 4.78 is 0. The van der Waals surface area contributed by atoms with Gasteiger partial charge in [-0.15, -0.1) is 0 Å². The summed E-state index contributed by atoms with van der Waals surface area (Å²) in [6, 6.07) is 12.9. The van der Waals surface area contributed by atoms with Crippen LogP contribution in [0.15, 0.2) is 54.9 Å². The molecule has 108 valence electrons. The molecule has 2 rings (SSSR count). The number of carbonyl (C=O) groups excluding carboxylic acids is 2. The number of hydrogen-bond donors (Lipinski definition) is 2. The normalized spacial score (nSPS) is 11.5. The highest BCUT2D eigenvalue weighted by Gasteiger charge is 2.12. The van der Waals surface area contributed by atoms with Gasteiger partial charge in [0.15, 0.2) is 0 Å². The molecule has 0 fully saturated rings. The fraction of sp³-hybridized carbons (Fsp3) is 0.188. The van der Waals surface area contributed by atoms with Gasteiger partial charge in [-0.3, -0.25) is 25.4 Å². The van der Waals surface area contributed by atoms with Gasteiger partial charge in [0, 0.05) is 24.4 Å². The first-order valence-corrected chi connectivity index (χ1v) is 6.71. The maximum atomic E-state index is 11.8. The van der Waals surface area contributed by atoms with Crippen molar-refractivity contribution in [2.75, 3.05) is 0 Å². The lowest BCUT2D eigenvalue weighted by molar-refractivity contribution is -0.122. The Hall–Kier alpha value is -2.69. The molecule has 2 amide bonds. The van der Waals surface area contributed by atoms with Crippen LogP contribution in [0.5, 0.6) is 0 Å². The van der Waals surface area contributed by atoms with Crippen LogP contribution in [0, 0.1) is 0 Å². The molecule has 1 atom stereocenters. The maximum Gasteiger partial charge on any atom is 0.269 e. The smallest absolute Gasteiger partial charge is 0.269 e. The third-order valence-electron chi connectivity index (χ3n) is 3.12. The number of rotatable bonds is 4. The van der Waals surface area contributed by atoms with Gasteiger partial charge in [0.1, 0.15) is 0 Å². The zero-order valence-electron chi connectivity index (χ0n) is 11.7. The summed E-state index contributed by atoms with van der Waals surface area (Å²) in [5.74, 6) is -0.504. The molecule has 0 saturated carbocycles. The van der Waals surface area contributed by atoms with E-state index in [1.54, 1.807) is 12.1 Å². The van der Waals surface area contributed by atoms with E-state index in [9.17, 15) is 9.59 Å². The minimum atomic E-state index is -0.363. The minimum Gasteiger partial charge on any atom is -0.273 e. The maximum absolute atomic E-state index is 11.8. The van der Waals surface area contributed by atoms with Crippen LogP contribution in [0.2, 0.25) is 0 Å². The van der Waals surface area contributed by atoms with Gasteiger partial charge in [-0.25, -0.2) is 0 Å². The summed E-state index contributed by atoms with van der Waals surface area (Å²) in [6.45, 7) is 1.97. The Balaban J connectivity index is 1.81. The average molecular weight is 283 g/mol. The van der Waals surface area contributed by atoms with Crippen LogP contribution < -0.4 is 10.9 Å². The van der Waals surface area contributed by atoms with Crippen LogP contribution in [-0.2, 0) is 4.79 Å². The molecule has 0 aliphatic heterocycles. The van der Waals surface area contributed by atoms with E-state index in [0.29, 0.717) is 12.0 Å². The Kier molecular flexibility index (Phi) is 5.04. The number of aromatic nitrogens is 1. The number of pyridine rings is 1. The van der Waals surface area contributed by atoms with E-state index < -0.39 is 0 Å². The predicted octanol–water partition coefficient (Wildman–Crippen LogP) is 2.04. The van der Waals surface area contributed by atoms with E-state index in [-0.39, 0.29) is 17.7 Å². The molecule has 0 saturated heterocycles. The molecule has 1 aromatic carbocycles. The molecule has 5 heteroatoms. The first-order chi connectivity index (χ1) is 10.2. The summed E-state index contributed by atoms with van der Waals surface area (Å²) in [5, 5.41) is 0. The number of hydrogen-bond acceptors (Lipinski definition) is 3. The third-order valence-corrected chi connectivity index (χ3v) is 3.12. The molecular weight excluding hydrogens is 266 g/mol. The number of hydrazine groups is 1. The van der Waals surface area contributed by atoms with Gasteiger partial charge < -0.3 is 0 Å². The highest BCUT2D eigenvalue weighted by atomic mass is 16.2. The van der Waals surface area contributed by atoms with Gasteiger partial charge in [-0.1, -0.05) is 37.3 Å². The monoisotopic (exact) mass is 283 g/mol. The SMILES string of the molecule is C[C@H](CC(=O)NNC(=O)c1ccncc1)c1ccccc1. The standard InChI is InChI=1S/C16H17N3O2/c1-12(13-5-3-2-4-6-13)11-15(20)18-19-16(21)14-7-9-17-10-8-14/h2-10,12H,11H2,1H3,(H,18,20)(H,19,21)/t12-/m1/s1. The van der Waals surface area contributed by atoms with E-state index in [4.69, 9.17) is 0 Å². The average Bonchev–Trinajstić information content (AvgIpc) is 2.54. The lowest BCUT2D eigenvalue weighted by atomic mass is 9.98. The first-order valence-electron chi connectivity index (χ1n) is 6.71. The predicted molar refractivity (Wildman–Crippen MR) is 79.3 cm³/mol. The molecule has 21 heavy (non-hydrogen) atoms. The van der Waals surface area contributed by atoms with Gasteiger partial charge in [-0.05, 0) is 23.6 Å². The van der Waals surface area contributed by atoms with E-state index in [2.05, 4.69) is 15.8 Å². The van der Waals surface area contributed by atoms with Gasteiger partial charge >= 0.3 is 0 Å². The van der Waals surface area contributed by atoms with E-state index >= 15 is 0 Å². The zero-order valence-corrected chi connectivity index (χ0v) is 11.7. The van der Waals surface area contributed by atoms with E-state index in [1.165, 1.54) is 12.4 Å². The quantitative estimate of drug-likeness (QED) is 0.843. The van der Waals surface area contributed by atoms with Crippen molar-refractivity contribution in [1.29, 1.82) is 0 Å². The molecule has 1 aromatic heterocycles. The number of nitrogens with one attached hydrogen (secondary N) is 2. The summed E-state index contributed by atoms with van der Waals surface area (Å²) in [6.07, 6.45) is 3.35. The zero-order chi connectivity index (χ0) is 15.1. The van der Waals surface area contributed by atoms with Gasteiger partial charge in [0.2, 0.25) is 5.91 Å². The lowest BCUT2D eigenvalue weighted by Crippen LogP contribution is -2.41. The fourth-order valence-corrected chi connectivity index (χ4v) is 1.93. The molecular formula is C16H17N3O2. The van der Waals surface area contributed by atoms with E-state index in [0.717, 1.165) is 5.56 Å². The summed E-state index contributed by atoms with van der Waals surface area (Å²) in [5.41, 5.74) is 6.35. The van der Waals surface area contributed by atoms with Crippen LogP contribution in [0.3, 0.4) is 0 Å². The Morgan fingerprint density at radius 3 is 2.38 bits per heavy atom. The number of nitrogens with zero attached hydrogens (tertiary/aromatic N) is 1. The Morgan fingerprint density at radius 2 is 1.71 bits per heavy atom. The second kappa shape index (κ2) is 7.19. The van der Waals surface area contributed by atoms with Crippen LogP contribution >= 0.6 is 0 Å². The Bertz CT molecular complexity index is 599. The van der Waals surface area contributed by atoms with Crippen molar-refractivity contribution in [3.8, 4) is 0 Å². The molecule has 5 nitrogen and oxygen atoms in total. The van der Waals surface area contributed by atoms with Crippen molar-refractivity contribution < 1.29 is 9.59 Å². The van der Waals surface area contributed by atoms with Crippen molar-refractivity contribution in [2.24, 2.45) is 0 Å². The molecule has 0 aliphatic carbocycles. The van der Waals surface area contributed by atoms with Crippen molar-refractivity contribution in [3.05, 3.63) is 66.0 Å². The van der Waals surface area contributed by atoms with Gasteiger partial charge in [0.05, 0.1) is 0 Å². The lowest BCUT2D eigenvalue weighted by Gasteiger charge is -2.12. The third kappa shape index (κ3) is 4.42. The van der Waals surface area contributed by atoms with Crippen LogP contribution in [0.25, 0.3) is 0 Å². The molecule has 0 radical (unpaired) electrons. The van der Waals surface area contributed by atoms with Crippen molar-refractivity contribution in [3.63, 3.8) is 0 Å². The van der Waals surface area contributed by atoms with Crippen LogP contribution in [-0.4, -0.2) is 16.8 Å². The molecule has 0 unspecified atom stereocenters. The minimum absolute atomic E-state index is 0.0871. The highest BCUT2D eigenvalue weighted by Crippen LogP contribution is 2.17. The molecule has 0 bridgehead atoms. The summed E-state index contributed by atoms with van der Waals surface area (Å²) in [7, 11) is 0. The number of benzene rings is 1. The summed E-state index contributed by atoms with van der Waals surface area (Å²) >= 11 is 0. The molecule has 2 N–H and O–H groups in total. The molecule has 2 aromatic rings. The van der Waals surface area contributed by atoms with Gasteiger partial charge in [0.25, 0.3) is 5.91 Å². The molecule has 0 aliphatic rings. The van der Waals surface area contributed by atoms with Crippen molar-refractivity contribution in [2.45, 2.75) is 19.3 Å². The van der Waals surface area contributed by atoms with Crippen LogP contribution in [0.1, 0.15) is 35.2 Å². The summed E-state index contributed by atoms with van der Waals surface area (Å²) in [4.78, 5) is 27.4. The molecule has 1 heterocycles. The van der Waals surface area contributed by atoms with Crippen molar-refractivity contribution in [1.82, 2.24) is 15.8 Å². The van der Waals surface area contributed by atoms with Crippen LogP contribution in [0.4, 0.5) is 0 Å². The fourth-order valence-electron chi connectivity index (χ4n) is 1.93. The van der Waals surface area contributed by atoms with Crippen molar-refractivity contribution >= 4 is 11.8 Å². The molecule has 0 spiro atoms. The second-order valence-corrected chi connectivity index (χ2v) is 4.75. The van der Waals surface area contributed by atoms with Gasteiger partial charge in [-0.2, -0.15) is 0 Å². The first kappa shape index (κ1) is 14.7.